The summed E-state index contributed by atoms with van der Waals surface area (Å²) in [5.74, 6) is 1.89. The molecule has 14 heavy (non-hydrogen) atoms. The van der Waals surface area contributed by atoms with Crippen LogP contribution in [0.25, 0.3) is 0 Å². The van der Waals surface area contributed by atoms with Gasteiger partial charge in [-0.3, -0.25) is 0 Å². The predicted molar refractivity (Wildman–Crippen MR) is 66.6 cm³/mol. The molecule has 0 amide bonds. The monoisotopic (exact) mass is 198 g/mol. The maximum Gasteiger partial charge on any atom is -0.0417 e. The predicted octanol–water partition coefficient (Wildman–Crippen LogP) is 5.42. The molecule has 2 atom stereocenters. The second-order valence-corrected chi connectivity index (χ2v) is 4.95. The van der Waals surface area contributed by atoms with E-state index >= 15 is 0 Å². The van der Waals surface area contributed by atoms with Crippen LogP contribution in [0.5, 0.6) is 0 Å². The third-order valence-corrected chi connectivity index (χ3v) is 3.50. The third kappa shape index (κ3) is 7.41. The molecule has 0 fully saturated rings. The van der Waals surface area contributed by atoms with Gasteiger partial charge < -0.3 is 0 Å². The maximum absolute atomic E-state index is 2.44. The summed E-state index contributed by atoms with van der Waals surface area (Å²) < 4.78 is 0. The first kappa shape index (κ1) is 14.0. The Hall–Kier alpha value is 0. The van der Waals surface area contributed by atoms with E-state index in [1.54, 1.807) is 0 Å². The zero-order chi connectivity index (χ0) is 10.8. The smallest absolute Gasteiger partial charge is 0.0417 e. The van der Waals surface area contributed by atoms with Gasteiger partial charge in [0.05, 0.1) is 0 Å². The van der Waals surface area contributed by atoms with Crippen LogP contribution in [-0.4, -0.2) is 0 Å². The van der Waals surface area contributed by atoms with Gasteiger partial charge in [-0.25, -0.2) is 0 Å². The first-order valence-corrected chi connectivity index (χ1v) is 6.72. The molecule has 0 aromatic heterocycles. The molecule has 0 heteroatoms. The van der Waals surface area contributed by atoms with Crippen molar-refractivity contribution in [2.75, 3.05) is 0 Å². The van der Waals surface area contributed by atoms with E-state index in [0.717, 1.165) is 11.8 Å². The normalized spacial score (nSPS) is 15.4. The van der Waals surface area contributed by atoms with E-state index in [2.05, 4.69) is 27.7 Å². The minimum Gasteiger partial charge on any atom is -0.0654 e. The Labute approximate surface area is 91.5 Å². The lowest BCUT2D eigenvalue weighted by atomic mass is 9.87. The zero-order valence-corrected chi connectivity index (χ0v) is 10.8. The summed E-state index contributed by atoms with van der Waals surface area (Å²) in [6.07, 6.45) is 11.3. The van der Waals surface area contributed by atoms with Crippen LogP contribution in [0.2, 0.25) is 0 Å². The highest BCUT2D eigenvalue weighted by Crippen LogP contribution is 2.23. The zero-order valence-electron chi connectivity index (χ0n) is 10.8. The number of hydrogen-bond acceptors (Lipinski definition) is 0. The Bertz CT molecular complexity index is 92.6. The second-order valence-electron chi connectivity index (χ2n) is 4.95. The van der Waals surface area contributed by atoms with Crippen molar-refractivity contribution in [3.8, 4) is 0 Å². The quantitative estimate of drug-likeness (QED) is 0.434. The average Bonchev–Trinajstić information content (AvgIpc) is 2.18. The van der Waals surface area contributed by atoms with Gasteiger partial charge in [-0.15, -0.1) is 0 Å². The summed E-state index contributed by atoms with van der Waals surface area (Å²) in [7, 11) is 0. The first-order chi connectivity index (χ1) is 6.72. The van der Waals surface area contributed by atoms with E-state index in [4.69, 9.17) is 0 Å². The Morgan fingerprint density at radius 1 is 0.643 bits per heavy atom. The van der Waals surface area contributed by atoms with Crippen molar-refractivity contribution in [3.05, 3.63) is 0 Å². The van der Waals surface area contributed by atoms with Crippen molar-refractivity contribution < 1.29 is 0 Å². The van der Waals surface area contributed by atoms with E-state index < -0.39 is 0 Å². The van der Waals surface area contributed by atoms with E-state index in [9.17, 15) is 0 Å². The second kappa shape index (κ2) is 9.55. The molecule has 0 N–H and O–H groups in total. The van der Waals surface area contributed by atoms with E-state index in [1.165, 1.54) is 51.4 Å². The molecule has 0 spiro atoms. The molecule has 0 radical (unpaired) electrons. The van der Waals surface area contributed by atoms with E-state index in [1.807, 2.05) is 0 Å². The van der Waals surface area contributed by atoms with E-state index in [-0.39, 0.29) is 0 Å². The molecule has 0 saturated heterocycles. The van der Waals surface area contributed by atoms with Gasteiger partial charge in [-0.05, 0) is 11.8 Å². The summed E-state index contributed by atoms with van der Waals surface area (Å²) >= 11 is 0. The van der Waals surface area contributed by atoms with Crippen LogP contribution in [0.1, 0.15) is 79.1 Å². The minimum atomic E-state index is 0.943. The molecule has 0 aliphatic rings. The van der Waals surface area contributed by atoms with Crippen molar-refractivity contribution in [3.63, 3.8) is 0 Å². The van der Waals surface area contributed by atoms with Crippen LogP contribution in [-0.2, 0) is 0 Å². The summed E-state index contributed by atoms with van der Waals surface area (Å²) in [6.45, 7) is 9.45. The van der Waals surface area contributed by atoms with Crippen LogP contribution in [0.4, 0.5) is 0 Å². The van der Waals surface area contributed by atoms with Gasteiger partial charge in [-0.1, -0.05) is 79.1 Å². The third-order valence-electron chi connectivity index (χ3n) is 3.50. The van der Waals surface area contributed by atoms with Crippen molar-refractivity contribution in [2.45, 2.75) is 79.1 Å². The highest BCUT2D eigenvalue weighted by atomic mass is 14.2. The molecular formula is C14H30. The van der Waals surface area contributed by atoms with Crippen LogP contribution < -0.4 is 0 Å². The molecule has 0 saturated carbocycles. The standard InChI is InChI=1S/C14H30/c1-5-7-9-11-13(3)14(4)12-10-8-6-2/h13-14H,5-12H2,1-4H3/t13-,14-/m1/s1. The van der Waals surface area contributed by atoms with Gasteiger partial charge in [0.2, 0.25) is 0 Å². The highest BCUT2D eigenvalue weighted by Gasteiger charge is 2.10. The topological polar surface area (TPSA) is 0 Å². The molecule has 0 aromatic rings. The molecular weight excluding hydrogens is 168 g/mol. The lowest BCUT2D eigenvalue weighted by molar-refractivity contribution is 0.324. The van der Waals surface area contributed by atoms with Crippen LogP contribution in [0.3, 0.4) is 0 Å². The molecule has 0 heterocycles. The summed E-state index contributed by atoms with van der Waals surface area (Å²) in [4.78, 5) is 0. The number of hydrogen-bond donors (Lipinski definition) is 0. The van der Waals surface area contributed by atoms with Crippen molar-refractivity contribution in [1.29, 1.82) is 0 Å². The molecule has 0 rings (SSSR count). The van der Waals surface area contributed by atoms with Gasteiger partial charge in [0.15, 0.2) is 0 Å². The van der Waals surface area contributed by atoms with Crippen LogP contribution in [0.15, 0.2) is 0 Å². The lowest BCUT2D eigenvalue weighted by Crippen LogP contribution is -2.07. The van der Waals surface area contributed by atoms with E-state index in [0.29, 0.717) is 0 Å². The maximum atomic E-state index is 2.44. The highest BCUT2D eigenvalue weighted by molar-refractivity contribution is 4.62. The van der Waals surface area contributed by atoms with Crippen molar-refractivity contribution >= 4 is 0 Å². The van der Waals surface area contributed by atoms with Gasteiger partial charge >= 0.3 is 0 Å². The summed E-state index contributed by atoms with van der Waals surface area (Å²) in [6, 6.07) is 0. The molecule has 86 valence electrons. The van der Waals surface area contributed by atoms with Crippen LogP contribution in [0, 0.1) is 11.8 Å². The summed E-state index contributed by atoms with van der Waals surface area (Å²) in [5, 5.41) is 0. The molecule has 0 aliphatic heterocycles. The SMILES string of the molecule is CCCCC[C@@H](C)[C@H](C)CCCCC. The number of rotatable bonds is 9. The van der Waals surface area contributed by atoms with Gasteiger partial charge in [0.25, 0.3) is 0 Å². The van der Waals surface area contributed by atoms with Gasteiger partial charge in [0.1, 0.15) is 0 Å². The average molecular weight is 198 g/mol. The molecule has 0 bridgehead atoms. The lowest BCUT2D eigenvalue weighted by Gasteiger charge is -2.19. The Morgan fingerprint density at radius 3 is 1.29 bits per heavy atom. The fraction of sp³-hybridized carbons (Fsp3) is 1.00. The Kier molecular flexibility index (Phi) is 9.55. The van der Waals surface area contributed by atoms with Gasteiger partial charge in [-0.2, -0.15) is 0 Å². The van der Waals surface area contributed by atoms with Crippen molar-refractivity contribution in [2.24, 2.45) is 11.8 Å². The fourth-order valence-electron chi connectivity index (χ4n) is 2.00. The molecule has 0 unspecified atom stereocenters. The molecule has 0 nitrogen and oxygen atoms in total. The van der Waals surface area contributed by atoms with Crippen LogP contribution >= 0.6 is 0 Å². The Morgan fingerprint density at radius 2 is 1.00 bits per heavy atom. The first-order valence-electron chi connectivity index (χ1n) is 6.72. The van der Waals surface area contributed by atoms with Gasteiger partial charge in [0, 0.05) is 0 Å². The molecule has 0 aromatic carbocycles. The number of unbranched alkanes of at least 4 members (excludes halogenated alkanes) is 4. The summed E-state index contributed by atoms with van der Waals surface area (Å²) in [5.41, 5.74) is 0. The van der Waals surface area contributed by atoms with Crippen molar-refractivity contribution in [1.82, 2.24) is 0 Å². The molecule has 0 aliphatic carbocycles. The fourth-order valence-corrected chi connectivity index (χ4v) is 2.00. The largest absolute Gasteiger partial charge is 0.0654 e. The minimum absolute atomic E-state index is 0.943. The Balaban J connectivity index is 3.39.